The molecule has 1 fully saturated rings. The van der Waals surface area contributed by atoms with Gasteiger partial charge >= 0.3 is 5.97 Å². The summed E-state index contributed by atoms with van der Waals surface area (Å²) in [7, 11) is 1.07. The monoisotopic (exact) mass is 349 g/mol. The van der Waals surface area contributed by atoms with Crippen molar-refractivity contribution >= 4 is 35.0 Å². The molecular weight excluding hydrogens is 337 g/mol. The lowest BCUT2D eigenvalue weighted by Gasteiger charge is -2.38. The van der Waals surface area contributed by atoms with E-state index in [1.165, 1.54) is 12.1 Å². The van der Waals surface area contributed by atoms with Crippen LogP contribution in [-0.2, 0) is 14.3 Å². The van der Waals surface area contributed by atoms with E-state index in [0.717, 1.165) is 19.2 Å². The second-order valence-electron chi connectivity index (χ2n) is 5.08. The second-order valence-corrected chi connectivity index (χ2v) is 5.48. The fourth-order valence-electron chi connectivity index (χ4n) is 2.44. The van der Waals surface area contributed by atoms with Gasteiger partial charge in [0.25, 0.3) is 0 Å². The number of ketones is 1. The predicted molar refractivity (Wildman–Crippen MR) is 83.1 cm³/mol. The standard InChI is InChI=1S/C15H12FN3O4S/c1-23-13(22)15(10(7-17)12(21)18-14(24)19-15)6-11(20)8-2-4-9(16)5-3-8/h2-5,10H,6H2,1H3,(H2,18,19,21,24)/t10-,15+/m1/s1. The van der Waals surface area contributed by atoms with Crippen LogP contribution < -0.4 is 10.6 Å². The number of carbonyl (C=O) groups excluding carboxylic acids is 3. The van der Waals surface area contributed by atoms with E-state index in [0.29, 0.717) is 0 Å². The minimum atomic E-state index is -1.95. The zero-order valence-electron chi connectivity index (χ0n) is 12.5. The lowest BCUT2D eigenvalue weighted by atomic mass is 9.77. The molecule has 0 aromatic heterocycles. The largest absolute Gasteiger partial charge is 0.467 e. The van der Waals surface area contributed by atoms with E-state index in [9.17, 15) is 24.0 Å². The number of ether oxygens (including phenoxy) is 1. The van der Waals surface area contributed by atoms with Crippen LogP contribution in [0, 0.1) is 23.1 Å². The number of carbonyl (C=O) groups is 3. The van der Waals surface area contributed by atoms with Crippen LogP contribution in [0.3, 0.4) is 0 Å². The van der Waals surface area contributed by atoms with Crippen molar-refractivity contribution in [1.82, 2.24) is 10.6 Å². The molecule has 0 bridgehead atoms. The number of nitrogens with one attached hydrogen (secondary N) is 2. The van der Waals surface area contributed by atoms with Gasteiger partial charge in [-0.3, -0.25) is 9.59 Å². The van der Waals surface area contributed by atoms with Crippen LogP contribution in [0.5, 0.6) is 0 Å². The quantitative estimate of drug-likeness (QED) is 0.462. The summed E-state index contributed by atoms with van der Waals surface area (Å²) < 4.78 is 17.6. The number of rotatable bonds is 4. The highest BCUT2D eigenvalue weighted by molar-refractivity contribution is 7.80. The Balaban J connectivity index is 2.44. The maximum atomic E-state index is 13.0. The molecule has 9 heteroatoms. The molecule has 0 radical (unpaired) electrons. The number of esters is 1. The van der Waals surface area contributed by atoms with Crippen LogP contribution in [0.2, 0.25) is 0 Å². The number of halogens is 1. The minimum absolute atomic E-state index is 0.120. The fraction of sp³-hybridized carbons (Fsp3) is 0.267. The summed E-state index contributed by atoms with van der Waals surface area (Å²) in [5, 5.41) is 13.9. The van der Waals surface area contributed by atoms with Gasteiger partial charge in [-0.25, -0.2) is 9.18 Å². The van der Waals surface area contributed by atoms with E-state index in [-0.39, 0.29) is 10.7 Å². The zero-order valence-corrected chi connectivity index (χ0v) is 13.3. The molecule has 0 unspecified atom stereocenters. The topological polar surface area (TPSA) is 108 Å². The summed E-state index contributed by atoms with van der Waals surface area (Å²) in [6.45, 7) is 0. The number of hydrogen-bond donors (Lipinski definition) is 2. The van der Waals surface area contributed by atoms with Crippen LogP contribution >= 0.6 is 12.2 Å². The average molecular weight is 349 g/mol. The first-order chi connectivity index (χ1) is 11.3. The summed E-state index contributed by atoms with van der Waals surface area (Å²) in [6, 6.07) is 6.36. The third-order valence-electron chi connectivity index (χ3n) is 3.61. The molecule has 2 N–H and O–H groups in total. The molecule has 1 heterocycles. The van der Waals surface area contributed by atoms with Crippen molar-refractivity contribution in [2.45, 2.75) is 12.0 Å². The number of nitrogens with zero attached hydrogens (tertiary/aromatic N) is 1. The Kier molecular flexibility index (Phi) is 4.90. The van der Waals surface area contributed by atoms with Crippen LogP contribution in [0.25, 0.3) is 0 Å². The van der Waals surface area contributed by atoms with Gasteiger partial charge in [0.1, 0.15) is 5.82 Å². The molecule has 1 saturated heterocycles. The van der Waals surface area contributed by atoms with Crippen LogP contribution in [0.4, 0.5) is 4.39 Å². The van der Waals surface area contributed by atoms with Gasteiger partial charge in [0, 0.05) is 12.0 Å². The Morgan fingerprint density at radius 1 is 1.42 bits per heavy atom. The summed E-state index contributed by atoms with van der Waals surface area (Å²) >= 11 is 4.87. The third kappa shape index (κ3) is 3.09. The highest BCUT2D eigenvalue weighted by atomic mass is 32.1. The van der Waals surface area contributed by atoms with E-state index < -0.39 is 41.4 Å². The van der Waals surface area contributed by atoms with E-state index in [4.69, 9.17) is 12.2 Å². The predicted octanol–water partition coefficient (Wildman–Crippen LogP) is 0.454. The Morgan fingerprint density at radius 3 is 2.58 bits per heavy atom. The maximum absolute atomic E-state index is 13.0. The van der Waals surface area contributed by atoms with Crippen molar-refractivity contribution in [3.63, 3.8) is 0 Å². The number of Topliss-reactive ketones (excluding diaryl/α,β-unsaturated/α-hetero) is 1. The smallest absolute Gasteiger partial charge is 0.334 e. The molecule has 7 nitrogen and oxygen atoms in total. The second kappa shape index (κ2) is 6.72. The molecule has 1 aliphatic rings. The summed E-state index contributed by atoms with van der Waals surface area (Å²) in [4.78, 5) is 36.8. The molecule has 1 aromatic rings. The molecule has 124 valence electrons. The normalized spacial score (nSPS) is 22.8. The Labute approximate surface area is 141 Å². The fourth-order valence-corrected chi connectivity index (χ4v) is 2.73. The van der Waals surface area contributed by atoms with Crippen LogP contribution in [0.15, 0.2) is 24.3 Å². The highest BCUT2D eigenvalue weighted by Crippen LogP contribution is 2.28. The molecule has 0 saturated carbocycles. The van der Waals surface area contributed by atoms with Crippen molar-refractivity contribution < 1.29 is 23.5 Å². The molecule has 2 rings (SSSR count). The number of nitriles is 1. The SMILES string of the molecule is COC(=O)[C@@]1(CC(=O)c2ccc(F)cc2)NC(=S)NC(=O)[C@H]1C#N. The first-order valence-electron chi connectivity index (χ1n) is 6.74. The number of benzene rings is 1. The van der Waals surface area contributed by atoms with E-state index >= 15 is 0 Å². The molecule has 1 aliphatic heterocycles. The van der Waals surface area contributed by atoms with Crippen molar-refractivity contribution in [2.75, 3.05) is 7.11 Å². The first kappa shape index (κ1) is 17.5. The van der Waals surface area contributed by atoms with Gasteiger partial charge in [-0.2, -0.15) is 5.26 Å². The Bertz CT molecular complexity index is 759. The summed E-state index contributed by atoms with van der Waals surface area (Å²) in [5.41, 5.74) is -1.83. The van der Waals surface area contributed by atoms with Gasteiger partial charge in [-0.15, -0.1) is 0 Å². The molecule has 1 amide bonds. The van der Waals surface area contributed by atoms with Gasteiger partial charge in [-0.05, 0) is 36.5 Å². The summed E-state index contributed by atoms with van der Waals surface area (Å²) in [5.74, 6) is -4.41. The summed E-state index contributed by atoms with van der Waals surface area (Å²) in [6.07, 6.45) is -0.558. The molecule has 2 atom stereocenters. The zero-order chi connectivity index (χ0) is 17.9. The Hall–Kier alpha value is -2.86. The molecule has 1 aromatic carbocycles. The van der Waals surface area contributed by atoms with E-state index in [1.54, 1.807) is 6.07 Å². The van der Waals surface area contributed by atoms with Gasteiger partial charge in [0.15, 0.2) is 22.4 Å². The van der Waals surface area contributed by atoms with E-state index in [2.05, 4.69) is 15.4 Å². The Morgan fingerprint density at radius 2 is 2.04 bits per heavy atom. The third-order valence-corrected chi connectivity index (χ3v) is 3.82. The van der Waals surface area contributed by atoms with Crippen molar-refractivity contribution in [3.8, 4) is 6.07 Å². The molecule has 0 aliphatic carbocycles. The molecule has 24 heavy (non-hydrogen) atoms. The number of amides is 1. The van der Waals surface area contributed by atoms with Crippen molar-refractivity contribution in [1.29, 1.82) is 5.26 Å². The number of thiocarbonyl (C=S) groups is 1. The number of hydrogen-bond acceptors (Lipinski definition) is 6. The van der Waals surface area contributed by atoms with Gasteiger partial charge in [0.2, 0.25) is 5.91 Å². The molecule has 0 spiro atoms. The average Bonchev–Trinajstić information content (AvgIpc) is 2.54. The lowest BCUT2D eigenvalue weighted by molar-refractivity contribution is -0.152. The van der Waals surface area contributed by atoms with Gasteiger partial charge in [-0.1, -0.05) is 0 Å². The van der Waals surface area contributed by atoms with Gasteiger partial charge < -0.3 is 15.4 Å². The van der Waals surface area contributed by atoms with Crippen LogP contribution in [-0.4, -0.2) is 35.4 Å². The molecular formula is C15H12FN3O4S. The van der Waals surface area contributed by atoms with Crippen molar-refractivity contribution in [3.05, 3.63) is 35.6 Å². The highest BCUT2D eigenvalue weighted by Gasteiger charge is 2.55. The lowest BCUT2D eigenvalue weighted by Crippen LogP contribution is -2.70. The van der Waals surface area contributed by atoms with Crippen molar-refractivity contribution in [2.24, 2.45) is 5.92 Å². The minimum Gasteiger partial charge on any atom is -0.467 e. The van der Waals surface area contributed by atoms with E-state index in [1.807, 2.05) is 0 Å². The maximum Gasteiger partial charge on any atom is 0.334 e. The first-order valence-corrected chi connectivity index (χ1v) is 7.14. The van der Waals surface area contributed by atoms with Gasteiger partial charge in [0.05, 0.1) is 13.2 Å². The number of methoxy groups -OCH3 is 1. The van der Waals surface area contributed by atoms with Crippen LogP contribution in [0.1, 0.15) is 16.8 Å².